The number of hydrogen-bond acceptors (Lipinski definition) is 5. The highest BCUT2D eigenvalue weighted by molar-refractivity contribution is 5.69. The fraction of sp³-hybridized carbons (Fsp3) is 0.562. The summed E-state index contributed by atoms with van der Waals surface area (Å²) in [7, 11) is 0. The molecule has 1 heterocycles. The summed E-state index contributed by atoms with van der Waals surface area (Å²) < 4.78 is 31.0. The summed E-state index contributed by atoms with van der Waals surface area (Å²) in [5, 5.41) is 0. The van der Waals surface area contributed by atoms with E-state index in [-0.39, 0.29) is 6.10 Å². The molecule has 0 amide bonds. The van der Waals surface area contributed by atoms with Crippen LogP contribution in [0.15, 0.2) is 30.3 Å². The van der Waals surface area contributed by atoms with E-state index in [0.29, 0.717) is 26.4 Å². The van der Waals surface area contributed by atoms with Crippen molar-refractivity contribution < 1.29 is 23.7 Å². The van der Waals surface area contributed by atoms with E-state index in [2.05, 4.69) is 58.9 Å². The molecule has 5 heteroatoms. The van der Waals surface area contributed by atoms with Crippen LogP contribution in [-0.4, -0.2) is 26.4 Å². The standard InChI is InChI=1S/C32H46O5/c1-6-10-16-33-25-21-29(34-17-11-7-2)26-14-15-28(37-30(26)22-25)27-23-32(36-19-13-9-4)31(20-24(27)5)35-18-12-8-3/h14-15,20-23,28H,6-13,16-19H2,1-5H3. The first kappa shape index (κ1) is 28.7. The third kappa shape index (κ3) is 8.34. The maximum atomic E-state index is 6.57. The zero-order valence-corrected chi connectivity index (χ0v) is 23.6. The van der Waals surface area contributed by atoms with Crippen molar-refractivity contribution in [3.8, 4) is 28.7 Å². The lowest BCUT2D eigenvalue weighted by Crippen LogP contribution is -2.13. The van der Waals surface area contributed by atoms with Crippen molar-refractivity contribution in [2.24, 2.45) is 0 Å². The Morgan fingerprint density at radius 1 is 0.649 bits per heavy atom. The van der Waals surface area contributed by atoms with Gasteiger partial charge >= 0.3 is 0 Å². The highest BCUT2D eigenvalue weighted by Gasteiger charge is 2.24. The van der Waals surface area contributed by atoms with Crippen molar-refractivity contribution in [2.45, 2.75) is 92.1 Å². The fourth-order valence-electron chi connectivity index (χ4n) is 4.09. The van der Waals surface area contributed by atoms with Crippen molar-refractivity contribution in [3.05, 3.63) is 47.0 Å². The van der Waals surface area contributed by atoms with Gasteiger partial charge in [-0.3, -0.25) is 0 Å². The molecule has 0 saturated heterocycles. The molecule has 2 aromatic carbocycles. The molecule has 0 aromatic heterocycles. The van der Waals surface area contributed by atoms with E-state index < -0.39 is 0 Å². The fourth-order valence-corrected chi connectivity index (χ4v) is 4.09. The van der Waals surface area contributed by atoms with Crippen molar-refractivity contribution in [1.82, 2.24) is 0 Å². The van der Waals surface area contributed by atoms with Crippen molar-refractivity contribution >= 4 is 6.08 Å². The molecule has 1 unspecified atom stereocenters. The van der Waals surface area contributed by atoms with E-state index in [1.807, 2.05) is 12.1 Å². The highest BCUT2D eigenvalue weighted by atomic mass is 16.5. The summed E-state index contributed by atoms with van der Waals surface area (Å²) in [6.07, 6.45) is 12.4. The Morgan fingerprint density at radius 3 is 1.78 bits per heavy atom. The van der Waals surface area contributed by atoms with Crippen molar-refractivity contribution in [1.29, 1.82) is 0 Å². The lowest BCUT2D eigenvalue weighted by Gasteiger charge is -2.26. The average molecular weight is 511 g/mol. The summed E-state index contributed by atoms with van der Waals surface area (Å²) in [5.41, 5.74) is 3.15. The molecule has 0 bridgehead atoms. The van der Waals surface area contributed by atoms with Crippen LogP contribution in [-0.2, 0) is 0 Å². The predicted octanol–water partition coefficient (Wildman–Crippen LogP) is 8.86. The van der Waals surface area contributed by atoms with Crippen LogP contribution in [0.4, 0.5) is 0 Å². The predicted molar refractivity (Wildman–Crippen MR) is 152 cm³/mol. The van der Waals surface area contributed by atoms with Gasteiger partial charge in [-0.05, 0) is 62.5 Å². The van der Waals surface area contributed by atoms with Gasteiger partial charge in [-0.25, -0.2) is 0 Å². The minimum atomic E-state index is -0.236. The van der Waals surface area contributed by atoms with Gasteiger partial charge in [-0.2, -0.15) is 0 Å². The molecule has 0 fully saturated rings. The van der Waals surface area contributed by atoms with Gasteiger partial charge in [0.1, 0.15) is 23.4 Å². The normalized spacial score (nSPS) is 14.1. The monoisotopic (exact) mass is 510 g/mol. The molecule has 0 N–H and O–H groups in total. The first-order valence-electron chi connectivity index (χ1n) is 14.3. The second-order valence-electron chi connectivity index (χ2n) is 9.69. The van der Waals surface area contributed by atoms with Crippen LogP contribution in [0, 0.1) is 6.92 Å². The smallest absolute Gasteiger partial charge is 0.161 e. The Labute approximate surface area is 224 Å². The minimum absolute atomic E-state index is 0.236. The first-order chi connectivity index (χ1) is 18.1. The Bertz CT molecular complexity index is 997. The van der Waals surface area contributed by atoms with E-state index >= 15 is 0 Å². The summed E-state index contributed by atoms with van der Waals surface area (Å²) in [5.74, 6) is 3.97. The second kappa shape index (κ2) is 15.4. The molecular weight excluding hydrogens is 464 g/mol. The van der Waals surface area contributed by atoms with Crippen LogP contribution < -0.4 is 23.7 Å². The van der Waals surface area contributed by atoms with Crippen molar-refractivity contribution in [2.75, 3.05) is 26.4 Å². The van der Waals surface area contributed by atoms with E-state index in [1.165, 1.54) is 0 Å². The lowest BCUT2D eigenvalue weighted by molar-refractivity contribution is 0.238. The third-order valence-corrected chi connectivity index (χ3v) is 6.44. The average Bonchev–Trinajstić information content (AvgIpc) is 2.90. The largest absolute Gasteiger partial charge is 0.493 e. The molecule has 0 spiro atoms. The number of hydrogen-bond donors (Lipinski definition) is 0. The number of fused-ring (bicyclic) bond motifs is 1. The first-order valence-corrected chi connectivity index (χ1v) is 14.3. The molecule has 0 saturated carbocycles. The number of aryl methyl sites for hydroxylation is 1. The second-order valence-corrected chi connectivity index (χ2v) is 9.69. The molecule has 3 rings (SSSR count). The molecule has 2 aromatic rings. The van der Waals surface area contributed by atoms with Crippen LogP contribution in [0.3, 0.4) is 0 Å². The van der Waals surface area contributed by atoms with Crippen LogP contribution in [0.5, 0.6) is 28.7 Å². The SMILES string of the molecule is CCCCOc1cc(OCCCC)c2c(c1)OC(c1cc(OCCCC)c(OCCCC)cc1C)C=C2. The van der Waals surface area contributed by atoms with Gasteiger partial charge in [-0.15, -0.1) is 0 Å². The summed E-state index contributed by atoms with van der Waals surface area (Å²) in [6.45, 7) is 13.5. The van der Waals surface area contributed by atoms with Gasteiger partial charge in [0.05, 0.1) is 32.0 Å². The number of benzene rings is 2. The molecular formula is C32H46O5. The van der Waals surface area contributed by atoms with Gasteiger partial charge < -0.3 is 23.7 Å². The minimum Gasteiger partial charge on any atom is -0.493 e. The zero-order chi connectivity index (χ0) is 26.5. The van der Waals surface area contributed by atoms with E-state index in [9.17, 15) is 0 Å². The Kier molecular flexibility index (Phi) is 12.0. The lowest BCUT2D eigenvalue weighted by atomic mass is 9.98. The topological polar surface area (TPSA) is 46.2 Å². The number of ether oxygens (including phenoxy) is 5. The highest BCUT2D eigenvalue weighted by Crippen LogP contribution is 2.43. The Hall–Kier alpha value is -2.82. The van der Waals surface area contributed by atoms with Crippen LogP contribution in [0.2, 0.25) is 0 Å². The van der Waals surface area contributed by atoms with Gasteiger partial charge in [0, 0.05) is 17.7 Å². The molecule has 0 aliphatic carbocycles. The molecule has 1 aliphatic heterocycles. The third-order valence-electron chi connectivity index (χ3n) is 6.44. The van der Waals surface area contributed by atoms with Gasteiger partial charge in [0.2, 0.25) is 0 Å². The van der Waals surface area contributed by atoms with Gasteiger partial charge in [0.15, 0.2) is 11.5 Å². The number of rotatable bonds is 17. The maximum Gasteiger partial charge on any atom is 0.161 e. The molecule has 204 valence electrons. The molecule has 1 aliphatic rings. The summed E-state index contributed by atoms with van der Waals surface area (Å²) >= 11 is 0. The molecule has 5 nitrogen and oxygen atoms in total. The molecule has 1 atom stereocenters. The van der Waals surface area contributed by atoms with Crippen LogP contribution in [0.25, 0.3) is 6.08 Å². The molecule has 37 heavy (non-hydrogen) atoms. The zero-order valence-electron chi connectivity index (χ0n) is 23.6. The maximum absolute atomic E-state index is 6.57. The number of unbranched alkanes of at least 4 members (excludes halogenated alkanes) is 4. The quantitative estimate of drug-likeness (QED) is 0.199. The summed E-state index contributed by atoms with van der Waals surface area (Å²) in [6, 6.07) is 8.16. The Morgan fingerprint density at radius 2 is 1.19 bits per heavy atom. The van der Waals surface area contributed by atoms with Gasteiger partial charge in [0.25, 0.3) is 0 Å². The van der Waals surface area contributed by atoms with E-state index in [0.717, 1.165) is 96.8 Å². The Balaban J connectivity index is 1.89. The van der Waals surface area contributed by atoms with E-state index in [4.69, 9.17) is 23.7 Å². The van der Waals surface area contributed by atoms with E-state index in [1.54, 1.807) is 0 Å². The van der Waals surface area contributed by atoms with Crippen LogP contribution in [0.1, 0.15) is 102 Å². The van der Waals surface area contributed by atoms with Gasteiger partial charge in [-0.1, -0.05) is 53.4 Å². The van der Waals surface area contributed by atoms with Crippen LogP contribution >= 0.6 is 0 Å². The summed E-state index contributed by atoms with van der Waals surface area (Å²) in [4.78, 5) is 0. The molecule has 0 radical (unpaired) electrons. The van der Waals surface area contributed by atoms with Crippen molar-refractivity contribution in [3.63, 3.8) is 0 Å².